The molecule has 1 aromatic rings. The van der Waals surface area contributed by atoms with E-state index in [-0.39, 0.29) is 0 Å². The van der Waals surface area contributed by atoms with E-state index in [0.717, 1.165) is 0 Å². The van der Waals surface area contributed by atoms with E-state index in [1.54, 1.807) is 0 Å². The van der Waals surface area contributed by atoms with Crippen LogP contribution in [0.2, 0.25) is 0 Å². The first-order chi connectivity index (χ1) is 6.20. The van der Waals surface area contributed by atoms with Gasteiger partial charge in [0.25, 0.3) is 0 Å². The minimum Gasteiger partial charge on any atom is -0.106 e. The van der Waals surface area contributed by atoms with Gasteiger partial charge in [0.2, 0.25) is 0 Å². The van der Waals surface area contributed by atoms with Gasteiger partial charge in [0.1, 0.15) is 0 Å². The van der Waals surface area contributed by atoms with Crippen molar-refractivity contribution in [2.75, 3.05) is 0 Å². The largest absolute Gasteiger partial charge is 0.106 e. The first kappa shape index (κ1) is 14.5. The minimum absolute atomic E-state index is 1.35. The summed E-state index contributed by atoms with van der Waals surface area (Å²) in [5, 5.41) is 0. The Hall–Kier alpha value is -1.04. The van der Waals surface area contributed by atoms with E-state index in [1.807, 2.05) is 13.8 Å². The maximum Gasteiger partial charge on any atom is -0.0395 e. The molecule has 0 aliphatic carbocycles. The molecule has 0 heteroatoms. The predicted molar refractivity (Wildman–Crippen MR) is 63.3 cm³/mol. The summed E-state index contributed by atoms with van der Waals surface area (Å²) in [5.74, 6) is 0. The van der Waals surface area contributed by atoms with Crippen molar-refractivity contribution in [1.82, 2.24) is 0 Å². The molecule has 1 rings (SSSR count). The molecule has 0 spiro atoms. The number of hydrogen-bond acceptors (Lipinski definition) is 0. The van der Waals surface area contributed by atoms with Crippen LogP contribution in [-0.2, 0) is 0 Å². The van der Waals surface area contributed by atoms with Gasteiger partial charge < -0.3 is 0 Å². The van der Waals surface area contributed by atoms with Crippen LogP contribution in [0.25, 0.3) is 0 Å². The SMILES string of the molecule is C=C.CC.Cc1ccc(C)c(C)c1. The minimum atomic E-state index is 1.35. The third-order valence-corrected chi connectivity index (χ3v) is 1.66. The van der Waals surface area contributed by atoms with Crippen molar-refractivity contribution in [3.05, 3.63) is 48.0 Å². The van der Waals surface area contributed by atoms with E-state index >= 15 is 0 Å². The van der Waals surface area contributed by atoms with Gasteiger partial charge in [-0.15, -0.1) is 13.2 Å². The average Bonchev–Trinajstić information content (AvgIpc) is 2.18. The molecule has 0 N–H and O–H groups in total. The molecule has 0 bridgehead atoms. The highest BCUT2D eigenvalue weighted by molar-refractivity contribution is 5.28. The molecule has 0 saturated carbocycles. The fourth-order valence-corrected chi connectivity index (χ4v) is 0.891. The molecule has 0 heterocycles. The zero-order chi connectivity index (χ0) is 10.9. The van der Waals surface area contributed by atoms with Crippen LogP contribution in [0.15, 0.2) is 31.4 Å². The van der Waals surface area contributed by atoms with Gasteiger partial charge in [-0.1, -0.05) is 37.6 Å². The lowest BCUT2D eigenvalue weighted by Gasteiger charge is -1.98. The second-order valence-electron chi connectivity index (χ2n) is 2.59. The summed E-state index contributed by atoms with van der Waals surface area (Å²) in [7, 11) is 0. The van der Waals surface area contributed by atoms with Gasteiger partial charge in [0, 0.05) is 0 Å². The number of aryl methyl sites for hydroxylation is 3. The van der Waals surface area contributed by atoms with Crippen LogP contribution in [0.3, 0.4) is 0 Å². The quantitative estimate of drug-likeness (QED) is 0.515. The lowest BCUT2D eigenvalue weighted by atomic mass is 10.1. The first-order valence-corrected chi connectivity index (χ1v) is 4.74. The molecule has 0 nitrogen and oxygen atoms in total. The van der Waals surface area contributed by atoms with E-state index < -0.39 is 0 Å². The Bertz CT molecular complexity index is 223. The Balaban J connectivity index is 0. The summed E-state index contributed by atoms with van der Waals surface area (Å²) in [5.41, 5.74) is 4.11. The molecule has 0 amide bonds. The maximum atomic E-state index is 3.00. The van der Waals surface area contributed by atoms with E-state index in [0.29, 0.717) is 0 Å². The molecule has 0 fully saturated rings. The van der Waals surface area contributed by atoms with Crippen molar-refractivity contribution in [3.8, 4) is 0 Å². The lowest BCUT2D eigenvalue weighted by Crippen LogP contribution is -1.79. The lowest BCUT2D eigenvalue weighted by molar-refractivity contribution is 1.30. The summed E-state index contributed by atoms with van der Waals surface area (Å²) in [6.07, 6.45) is 0. The molecule has 0 unspecified atom stereocenters. The van der Waals surface area contributed by atoms with Crippen molar-refractivity contribution in [2.24, 2.45) is 0 Å². The average molecular weight is 178 g/mol. The monoisotopic (exact) mass is 178 g/mol. The summed E-state index contributed by atoms with van der Waals surface area (Å²) >= 11 is 0. The van der Waals surface area contributed by atoms with Crippen LogP contribution < -0.4 is 0 Å². The molecular formula is C13H22. The normalized spacial score (nSPS) is 7.46. The summed E-state index contributed by atoms with van der Waals surface area (Å²) in [4.78, 5) is 0. The van der Waals surface area contributed by atoms with Gasteiger partial charge >= 0.3 is 0 Å². The Kier molecular flexibility index (Phi) is 10.1. The van der Waals surface area contributed by atoms with Crippen LogP contribution >= 0.6 is 0 Å². The molecule has 0 aliphatic heterocycles. The van der Waals surface area contributed by atoms with Crippen molar-refractivity contribution in [3.63, 3.8) is 0 Å². The Morgan fingerprint density at radius 2 is 1.31 bits per heavy atom. The second kappa shape index (κ2) is 9.05. The molecule has 0 atom stereocenters. The Labute approximate surface area is 83.3 Å². The van der Waals surface area contributed by atoms with Crippen LogP contribution in [0.5, 0.6) is 0 Å². The van der Waals surface area contributed by atoms with E-state index in [2.05, 4.69) is 52.1 Å². The highest BCUT2D eigenvalue weighted by atomic mass is 13.9. The summed E-state index contributed by atoms with van der Waals surface area (Å²) in [6, 6.07) is 6.50. The Morgan fingerprint density at radius 3 is 1.62 bits per heavy atom. The molecule has 1 aromatic carbocycles. The molecule has 13 heavy (non-hydrogen) atoms. The van der Waals surface area contributed by atoms with Crippen LogP contribution in [-0.4, -0.2) is 0 Å². The van der Waals surface area contributed by atoms with Crippen LogP contribution in [0.4, 0.5) is 0 Å². The summed E-state index contributed by atoms with van der Waals surface area (Å²) in [6.45, 7) is 16.4. The third kappa shape index (κ3) is 6.15. The van der Waals surface area contributed by atoms with Crippen molar-refractivity contribution >= 4 is 0 Å². The zero-order valence-corrected chi connectivity index (χ0v) is 9.65. The van der Waals surface area contributed by atoms with E-state index in [9.17, 15) is 0 Å². The van der Waals surface area contributed by atoms with Gasteiger partial charge in [-0.25, -0.2) is 0 Å². The van der Waals surface area contributed by atoms with Gasteiger partial charge in [0.15, 0.2) is 0 Å². The highest BCUT2D eigenvalue weighted by Gasteiger charge is 1.89. The zero-order valence-electron chi connectivity index (χ0n) is 9.65. The Morgan fingerprint density at radius 1 is 0.846 bits per heavy atom. The molecule has 0 aliphatic rings. The third-order valence-electron chi connectivity index (χ3n) is 1.66. The van der Waals surface area contributed by atoms with E-state index in [4.69, 9.17) is 0 Å². The summed E-state index contributed by atoms with van der Waals surface area (Å²) < 4.78 is 0. The van der Waals surface area contributed by atoms with E-state index in [1.165, 1.54) is 16.7 Å². The second-order valence-corrected chi connectivity index (χ2v) is 2.59. The van der Waals surface area contributed by atoms with Crippen LogP contribution in [0, 0.1) is 20.8 Å². The topological polar surface area (TPSA) is 0 Å². The molecule has 0 aromatic heterocycles. The number of benzene rings is 1. The molecule has 0 radical (unpaired) electrons. The molecule has 0 saturated heterocycles. The molecule has 74 valence electrons. The van der Waals surface area contributed by atoms with Gasteiger partial charge in [0.05, 0.1) is 0 Å². The van der Waals surface area contributed by atoms with Crippen molar-refractivity contribution < 1.29 is 0 Å². The fraction of sp³-hybridized carbons (Fsp3) is 0.385. The van der Waals surface area contributed by atoms with Gasteiger partial charge in [-0.2, -0.15) is 0 Å². The maximum absolute atomic E-state index is 3.00. The van der Waals surface area contributed by atoms with Crippen LogP contribution in [0.1, 0.15) is 30.5 Å². The number of rotatable bonds is 0. The van der Waals surface area contributed by atoms with Crippen molar-refractivity contribution in [1.29, 1.82) is 0 Å². The number of hydrogen-bond donors (Lipinski definition) is 0. The first-order valence-electron chi connectivity index (χ1n) is 4.74. The smallest absolute Gasteiger partial charge is 0.0395 e. The van der Waals surface area contributed by atoms with Gasteiger partial charge in [-0.3, -0.25) is 0 Å². The standard InChI is InChI=1S/C9H12.C2H6.C2H4/c1-7-4-5-8(2)9(3)6-7;2*1-2/h4-6H,1-3H3;1-2H3;1-2H2. The predicted octanol–water partition coefficient (Wildman–Crippen LogP) is 4.44. The highest BCUT2D eigenvalue weighted by Crippen LogP contribution is 2.07. The van der Waals surface area contributed by atoms with Crippen molar-refractivity contribution in [2.45, 2.75) is 34.6 Å². The molecular weight excluding hydrogens is 156 g/mol. The fourth-order valence-electron chi connectivity index (χ4n) is 0.891. The van der Waals surface area contributed by atoms with Gasteiger partial charge in [-0.05, 0) is 31.9 Å².